The molecule has 2 N–H and O–H groups in total. The number of imide groups is 1. The van der Waals surface area contributed by atoms with Crippen LogP contribution in [0.3, 0.4) is 0 Å². The van der Waals surface area contributed by atoms with Gasteiger partial charge in [-0.15, -0.1) is 0 Å². The number of amides is 4. The first-order valence-electron chi connectivity index (χ1n) is 7.45. The van der Waals surface area contributed by atoms with Gasteiger partial charge < -0.3 is 10.6 Å². The summed E-state index contributed by atoms with van der Waals surface area (Å²) in [6, 6.07) is -0.296. The Balaban J connectivity index is 1.60. The standard InChI is InChI=1S/C14H21N3O3/c1-9(10-4-5-10)15-11(18)8-17-12(19)14(16-13(17)20)6-2-3-7-14/h9-10H,2-8H2,1H3,(H,15,18)(H,16,20)/t9-/m0/s1. The summed E-state index contributed by atoms with van der Waals surface area (Å²) in [6.45, 7) is 1.81. The third kappa shape index (κ3) is 2.27. The molecule has 0 aromatic carbocycles. The highest BCUT2D eigenvalue weighted by Gasteiger charge is 2.52. The molecule has 1 aliphatic heterocycles. The van der Waals surface area contributed by atoms with Crippen LogP contribution in [0.5, 0.6) is 0 Å². The molecule has 2 saturated carbocycles. The summed E-state index contributed by atoms with van der Waals surface area (Å²) >= 11 is 0. The fourth-order valence-electron chi connectivity index (χ4n) is 3.29. The number of hydrogen-bond acceptors (Lipinski definition) is 3. The average Bonchev–Trinajstić information content (AvgIpc) is 3.11. The quantitative estimate of drug-likeness (QED) is 0.746. The lowest BCUT2D eigenvalue weighted by Gasteiger charge is -2.20. The number of hydrogen-bond donors (Lipinski definition) is 2. The number of rotatable bonds is 4. The zero-order valence-electron chi connectivity index (χ0n) is 11.8. The second kappa shape index (κ2) is 4.75. The minimum Gasteiger partial charge on any atom is -0.352 e. The minimum absolute atomic E-state index is 0.128. The smallest absolute Gasteiger partial charge is 0.325 e. The van der Waals surface area contributed by atoms with Crippen LogP contribution < -0.4 is 10.6 Å². The Labute approximate surface area is 118 Å². The summed E-state index contributed by atoms with van der Waals surface area (Å²) in [5, 5.41) is 5.66. The molecule has 2 aliphatic carbocycles. The monoisotopic (exact) mass is 279 g/mol. The first-order chi connectivity index (χ1) is 9.52. The van der Waals surface area contributed by atoms with Gasteiger partial charge in [0.15, 0.2) is 0 Å². The van der Waals surface area contributed by atoms with Crippen LogP contribution in [0.25, 0.3) is 0 Å². The van der Waals surface area contributed by atoms with E-state index in [2.05, 4.69) is 10.6 Å². The van der Waals surface area contributed by atoms with Crippen molar-refractivity contribution in [3.63, 3.8) is 0 Å². The maximum Gasteiger partial charge on any atom is 0.325 e. The van der Waals surface area contributed by atoms with Gasteiger partial charge in [-0.05, 0) is 38.5 Å². The van der Waals surface area contributed by atoms with E-state index in [1.54, 1.807) is 0 Å². The van der Waals surface area contributed by atoms with E-state index in [9.17, 15) is 14.4 Å². The van der Waals surface area contributed by atoms with E-state index in [-0.39, 0.29) is 24.4 Å². The summed E-state index contributed by atoms with van der Waals surface area (Å²) in [4.78, 5) is 37.3. The van der Waals surface area contributed by atoms with Gasteiger partial charge in [0.2, 0.25) is 5.91 Å². The Morgan fingerprint density at radius 3 is 2.65 bits per heavy atom. The van der Waals surface area contributed by atoms with Gasteiger partial charge in [0.1, 0.15) is 12.1 Å². The molecule has 1 heterocycles. The van der Waals surface area contributed by atoms with E-state index >= 15 is 0 Å². The number of urea groups is 1. The molecule has 0 radical (unpaired) electrons. The molecule has 6 heteroatoms. The topological polar surface area (TPSA) is 78.5 Å². The summed E-state index contributed by atoms with van der Waals surface area (Å²) in [7, 11) is 0. The number of carbonyl (C=O) groups is 3. The van der Waals surface area contributed by atoms with Gasteiger partial charge in [0.05, 0.1) is 0 Å². The fourth-order valence-corrected chi connectivity index (χ4v) is 3.29. The molecule has 3 fully saturated rings. The Bertz CT molecular complexity index is 453. The lowest BCUT2D eigenvalue weighted by Crippen LogP contribution is -2.46. The molecule has 1 spiro atoms. The third-order valence-electron chi connectivity index (χ3n) is 4.72. The first-order valence-corrected chi connectivity index (χ1v) is 7.45. The summed E-state index contributed by atoms with van der Waals surface area (Å²) in [5.74, 6) is 0.0837. The van der Waals surface area contributed by atoms with Crippen molar-refractivity contribution in [2.24, 2.45) is 5.92 Å². The Kier molecular flexibility index (Phi) is 3.18. The van der Waals surface area contributed by atoms with Crippen LogP contribution in [0.1, 0.15) is 45.4 Å². The molecular weight excluding hydrogens is 258 g/mol. The van der Waals surface area contributed by atoms with Crippen LogP contribution in [-0.4, -0.2) is 40.9 Å². The number of nitrogens with one attached hydrogen (secondary N) is 2. The van der Waals surface area contributed by atoms with Gasteiger partial charge in [0, 0.05) is 6.04 Å². The lowest BCUT2D eigenvalue weighted by atomic mass is 9.98. The van der Waals surface area contributed by atoms with E-state index in [1.165, 1.54) is 0 Å². The van der Waals surface area contributed by atoms with Crippen molar-refractivity contribution < 1.29 is 14.4 Å². The molecule has 4 amide bonds. The zero-order valence-corrected chi connectivity index (χ0v) is 11.8. The summed E-state index contributed by atoms with van der Waals surface area (Å²) in [6.07, 6.45) is 5.57. The highest BCUT2D eigenvalue weighted by Crippen LogP contribution is 2.35. The van der Waals surface area contributed by atoms with Crippen molar-refractivity contribution in [1.29, 1.82) is 0 Å². The first kappa shape index (κ1) is 13.4. The second-order valence-corrected chi connectivity index (χ2v) is 6.30. The Hall–Kier alpha value is -1.59. The van der Waals surface area contributed by atoms with Crippen LogP contribution in [0, 0.1) is 5.92 Å². The zero-order chi connectivity index (χ0) is 14.3. The molecule has 6 nitrogen and oxygen atoms in total. The average molecular weight is 279 g/mol. The third-order valence-corrected chi connectivity index (χ3v) is 4.72. The number of nitrogens with zero attached hydrogens (tertiary/aromatic N) is 1. The van der Waals surface area contributed by atoms with Gasteiger partial charge in [-0.25, -0.2) is 4.79 Å². The predicted octanol–water partition coefficient (Wildman–Crippen LogP) is 0.766. The highest BCUT2D eigenvalue weighted by atomic mass is 16.2. The Morgan fingerprint density at radius 1 is 1.40 bits per heavy atom. The maximum absolute atomic E-state index is 12.4. The molecule has 110 valence electrons. The van der Waals surface area contributed by atoms with Crippen LogP contribution in [0.4, 0.5) is 4.79 Å². The maximum atomic E-state index is 12.4. The molecule has 3 rings (SSSR count). The van der Waals surface area contributed by atoms with E-state index < -0.39 is 11.6 Å². The molecule has 3 aliphatic rings. The van der Waals surface area contributed by atoms with Crippen molar-refractivity contribution in [3.05, 3.63) is 0 Å². The van der Waals surface area contributed by atoms with E-state index in [4.69, 9.17) is 0 Å². The van der Waals surface area contributed by atoms with Crippen molar-refractivity contribution in [1.82, 2.24) is 15.5 Å². The minimum atomic E-state index is -0.723. The van der Waals surface area contributed by atoms with Gasteiger partial charge >= 0.3 is 6.03 Å². The van der Waals surface area contributed by atoms with Crippen LogP contribution in [0.2, 0.25) is 0 Å². The molecular formula is C14H21N3O3. The number of carbonyl (C=O) groups excluding carboxylic acids is 3. The highest BCUT2D eigenvalue weighted by molar-refractivity contribution is 6.09. The molecule has 1 saturated heterocycles. The normalized spacial score (nSPS) is 25.9. The van der Waals surface area contributed by atoms with Gasteiger partial charge in [0.25, 0.3) is 5.91 Å². The summed E-state index contributed by atoms with van der Waals surface area (Å²) in [5.41, 5.74) is -0.723. The van der Waals surface area contributed by atoms with Gasteiger partial charge in [-0.3, -0.25) is 14.5 Å². The van der Waals surface area contributed by atoms with Crippen LogP contribution >= 0.6 is 0 Å². The Morgan fingerprint density at radius 2 is 2.05 bits per heavy atom. The van der Waals surface area contributed by atoms with Gasteiger partial charge in [-0.2, -0.15) is 0 Å². The molecule has 0 aromatic rings. The van der Waals surface area contributed by atoms with Crippen LogP contribution in [-0.2, 0) is 9.59 Å². The van der Waals surface area contributed by atoms with Crippen molar-refractivity contribution in [3.8, 4) is 0 Å². The van der Waals surface area contributed by atoms with Crippen molar-refractivity contribution in [2.45, 2.75) is 57.0 Å². The van der Waals surface area contributed by atoms with Crippen molar-refractivity contribution in [2.75, 3.05) is 6.54 Å². The fraction of sp³-hybridized carbons (Fsp3) is 0.786. The second-order valence-electron chi connectivity index (χ2n) is 6.30. The SMILES string of the molecule is C[C@H](NC(=O)CN1C(=O)NC2(CCCC2)C1=O)C1CC1. The molecule has 20 heavy (non-hydrogen) atoms. The van der Waals surface area contributed by atoms with E-state index in [0.29, 0.717) is 18.8 Å². The molecule has 1 atom stereocenters. The summed E-state index contributed by atoms with van der Waals surface area (Å²) < 4.78 is 0. The molecule has 0 aromatic heterocycles. The lowest BCUT2D eigenvalue weighted by molar-refractivity contribution is -0.135. The molecule has 0 bridgehead atoms. The predicted molar refractivity (Wildman–Crippen MR) is 71.8 cm³/mol. The van der Waals surface area contributed by atoms with Crippen molar-refractivity contribution >= 4 is 17.8 Å². The van der Waals surface area contributed by atoms with Gasteiger partial charge in [-0.1, -0.05) is 12.8 Å². The largest absolute Gasteiger partial charge is 0.352 e. The van der Waals surface area contributed by atoms with Crippen LogP contribution in [0.15, 0.2) is 0 Å². The van der Waals surface area contributed by atoms with E-state index in [0.717, 1.165) is 30.6 Å². The van der Waals surface area contributed by atoms with E-state index in [1.807, 2.05) is 6.92 Å². The molecule has 0 unspecified atom stereocenters.